The summed E-state index contributed by atoms with van der Waals surface area (Å²) >= 11 is 0. The van der Waals surface area contributed by atoms with Crippen molar-refractivity contribution in [3.8, 4) is 0 Å². The van der Waals surface area contributed by atoms with Crippen molar-refractivity contribution in [3.63, 3.8) is 0 Å². The molecule has 15 heavy (non-hydrogen) atoms. The van der Waals surface area contributed by atoms with Crippen LogP contribution in [0.3, 0.4) is 0 Å². The molecular weight excluding hydrogens is 190 g/mol. The lowest BCUT2D eigenvalue weighted by atomic mass is 10.0. The Morgan fingerprint density at radius 3 is 2.60 bits per heavy atom. The van der Waals surface area contributed by atoms with Gasteiger partial charge >= 0.3 is 0 Å². The maximum atomic E-state index is 10.7. The van der Waals surface area contributed by atoms with E-state index in [1.165, 1.54) is 12.8 Å². The van der Waals surface area contributed by atoms with Crippen molar-refractivity contribution >= 4 is 5.69 Å². The molecule has 82 valence electrons. The fourth-order valence-electron chi connectivity index (χ4n) is 1.64. The Morgan fingerprint density at radius 1 is 1.20 bits per heavy atom. The molecule has 1 rings (SSSR count). The Bertz CT molecular complexity index is 323. The Labute approximate surface area is 90.3 Å². The van der Waals surface area contributed by atoms with E-state index in [4.69, 9.17) is 0 Å². The molecule has 0 aliphatic carbocycles. The van der Waals surface area contributed by atoms with Crippen LogP contribution in [0.1, 0.15) is 38.2 Å². The zero-order valence-corrected chi connectivity index (χ0v) is 9.11. The summed E-state index contributed by atoms with van der Waals surface area (Å²) in [6, 6.07) is 7.01. The van der Waals surface area contributed by atoms with E-state index in [0.717, 1.165) is 24.8 Å². The van der Waals surface area contributed by atoms with Gasteiger partial charge in [-0.05, 0) is 12.8 Å². The van der Waals surface area contributed by atoms with Crippen LogP contribution in [0.2, 0.25) is 0 Å². The third-order valence-corrected chi connectivity index (χ3v) is 2.49. The van der Waals surface area contributed by atoms with Crippen molar-refractivity contribution in [1.82, 2.24) is 0 Å². The van der Waals surface area contributed by atoms with Crippen LogP contribution in [-0.4, -0.2) is 4.92 Å². The van der Waals surface area contributed by atoms with Gasteiger partial charge < -0.3 is 0 Å². The number of nitrogens with zero attached hydrogens (tertiary/aromatic N) is 1. The number of nitro benzene ring substituents is 1. The predicted molar refractivity (Wildman–Crippen MR) is 60.9 cm³/mol. The summed E-state index contributed by atoms with van der Waals surface area (Å²) < 4.78 is 0. The lowest BCUT2D eigenvalue weighted by molar-refractivity contribution is -0.385. The monoisotopic (exact) mass is 207 g/mol. The molecule has 0 heterocycles. The molecule has 0 aromatic heterocycles. The predicted octanol–water partition coefficient (Wildman–Crippen LogP) is 3.72. The highest BCUT2D eigenvalue weighted by Gasteiger charge is 2.10. The molecule has 3 heteroatoms. The Kier molecular flexibility index (Phi) is 4.81. The molecule has 0 spiro atoms. The van der Waals surface area contributed by atoms with Crippen LogP contribution in [0.4, 0.5) is 5.69 Å². The highest BCUT2D eigenvalue weighted by Crippen LogP contribution is 2.19. The summed E-state index contributed by atoms with van der Waals surface area (Å²) in [7, 11) is 0. The molecule has 3 nitrogen and oxygen atoms in total. The van der Waals surface area contributed by atoms with Crippen LogP contribution in [0.25, 0.3) is 0 Å². The van der Waals surface area contributed by atoms with Gasteiger partial charge in [0.15, 0.2) is 0 Å². The van der Waals surface area contributed by atoms with E-state index >= 15 is 0 Å². The van der Waals surface area contributed by atoms with Gasteiger partial charge in [0, 0.05) is 11.6 Å². The lowest BCUT2D eigenvalue weighted by Crippen LogP contribution is -1.95. The van der Waals surface area contributed by atoms with Gasteiger partial charge in [0.2, 0.25) is 0 Å². The van der Waals surface area contributed by atoms with Gasteiger partial charge in [-0.1, -0.05) is 44.4 Å². The second-order valence-electron chi connectivity index (χ2n) is 3.70. The first kappa shape index (κ1) is 11.7. The van der Waals surface area contributed by atoms with Crippen LogP contribution in [0.15, 0.2) is 24.3 Å². The molecule has 0 N–H and O–H groups in total. The minimum Gasteiger partial charge on any atom is -0.258 e. The van der Waals surface area contributed by atoms with Gasteiger partial charge in [0.1, 0.15) is 0 Å². The molecule has 0 radical (unpaired) electrons. The van der Waals surface area contributed by atoms with E-state index in [0.29, 0.717) is 0 Å². The minimum absolute atomic E-state index is 0.258. The number of benzene rings is 1. The number of para-hydroxylation sites is 1. The van der Waals surface area contributed by atoms with E-state index in [1.807, 2.05) is 12.1 Å². The number of hydrogen-bond acceptors (Lipinski definition) is 2. The number of unbranched alkanes of at least 4 members (excludes halogenated alkanes) is 3. The quantitative estimate of drug-likeness (QED) is 0.405. The van der Waals surface area contributed by atoms with Crippen molar-refractivity contribution < 1.29 is 4.92 Å². The molecule has 0 saturated heterocycles. The average Bonchev–Trinajstić information content (AvgIpc) is 2.25. The molecule has 0 bridgehead atoms. The zero-order valence-electron chi connectivity index (χ0n) is 9.11. The van der Waals surface area contributed by atoms with Crippen molar-refractivity contribution in [2.45, 2.75) is 39.0 Å². The summed E-state index contributed by atoms with van der Waals surface area (Å²) in [5.41, 5.74) is 1.12. The van der Waals surface area contributed by atoms with Crippen LogP contribution >= 0.6 is 0 Å². The largest absolute Gasteiger partial charge is 0.272 e. The van der Waals surface area contributed by atoms with Crippen LogP contribution < -0.4 is 0 Å². The molecule has 0 aliphatic rings. The van der Waals surface area contributed by atoms with Crippen molar-refractivity contribution in [3.05, 3.63) is 39.9 Å². The molecule has 0 unspecified atom stereocenters. The number of nitro groups is 1. The fraction of sp³-hybridized carbons (Fsp3) is 0.500. The highest BCUT2D eigenvalue weighted by molar-refractivity contribution is 5.39. The van der Waals surface area contributed by atoms with Crippen LogP contribution in [0, 0.1) is 10.1 Å². The Morgan fingerprint density at radius 2 is 1.93 bits per heavy atom. The van der Waals surface area contributed by atoms with E-state index in [-0.39, 0.29) is 10.6 Å². The van der Waals surface area contributed by atoms with E-state index < -0.39 is 0 Å². The van der Waals surface area contributed by atoms with Gasteiger partial charge in [0.25, 0.3) is 5.69 Å². The molecular formula is C12H17NO2. The zero-order chi connectivity index (χ0) is 11.1. The fourth-order valence-corrected chi connectivity index (χ4v) is 1.64. The topological polar surface area (TPSA) is 43.1 Å². The average molecular weight is 207 g/mol. The first-order valence-corrected chi connectivity index (χ1v) is 5.48. The number of hydrogen-bond donors (Lipinski definition) is 0. The van der Waals surface area contributed by atoms with Crippen molar-refractivity contribution in [1.29, 1.82) is 0 Å². The summed E-state index contributed by atoms with van der Waals surface area (Å²) in [6.07, 6.45) is 5.41. The summed E-state index contributed by atoms with van der Waals surface area (Å²) in [6.45, 7) is 2.16. The third-order valence-electron chi connectivity index (χ3n) is 2.49. The molecule has 0 atom stereocenters. The van der Waals surface area contributed by atoms with E-state index in [1.54, 1.807) is 12.1 Å². The van der Waals surface area contributed by atoms with E-state index in [9.17, 15) is 10.1 Å². The second-order valence-corrected chi connectivity index (χ2v) is 3.70. The summed E-state index contributed by atoms with van der Waals surface area (Å²) in [5, 5.41) is 10.7. The normalized spacial score (nSPS) is 10.2. The van der Waals surface area contributed by atoms with E-state index in [2.05, 4.69) is 6.92 Å². The maximum absolute atomic E-state index is 10.7. The number of aryl methyl sites for hydroxylation is 1. The Hall–Kier alpha value is -1.38. The summed E-state index contributed by atoms with van der Waals surface area (Å²) in [5.74, 6) is 0. The molecule has 0 aliphatic heterocycles. The Balaban J connectivity index is 2.56. The minimum atomic E-state index is -0.296. The van der Waals surface area contributed by atoms with Crippen LogP contribution in [0.5, 0.6) is 0 Å². The molecule has 1 aromatic rings. The highest BCUT2D eigenvalue weighted by atomic mass is 16.6. The molecule has 0 amide bonds. The molecule has 0 saturated carbocycles. The molecule has 0 fully saturated rings. The van der Waals surface area contributed by atoms with Gasteiger partial charge in [-0.25, -0.2) is 0 Å². The smallest absolute Gasteiger partial charge is 0.258 e. The van der Waals surface area contributed by atoms with Crippen LogP contribution in [-0.2, 0) is 6.42 Å². The SMILES string of the molecule is CCCCCCc1ccccc1[N+](=O)[O-]. The van der Waals surface area contributed by atoms with Gasteiger partial charge in [-0.15, -0.1) is 0 Å². The van der Waals surface area contributed by atoms with Gasteiger partial charge in [0.05, 0.1) is 4.92 Å². The molecule has 1 aromatic carbocycles. The lowest BCUT2D eigenvalue weighted by Gasteiger charge is -2.02. The third kappa shape index (κ3) is 3.70. The van der Waals surface area contributed by atoms with Crippen molar-refractivity contribution in [2.24, 2.45) is 0 Å². The standard InChI is InChI=1S/C12H17NO2/c1-2-3-4-5-8-11-9-6-7-10-12(11)13(14)15/h6-7,9-10H,2-5,8H2,1H3. The first-order valence-electron chi connectivity index (χ1n) is 5.48. The second kappa shape index (κ2) is 6.17. The van der Waals surface area contributed by atoms with Gasteiger partial charge in [-0.2, -0.15) is 0 Å². The first-order chi connectivity index (χ1) is 7.25. The van der Waals surface area contributed by atoms with Crippen molar-refractivity contribution in [2.75, 3.05) is 0 Å². The van der Waals surface area contributed by atoms with Gasteiger partial charge in [-0.3, -0.25) is 10.1 Å². The number of rotatable bonds is 6. The maximum Gasteiger partial charge on any atom is 0.272 e. The summed E-state index contributed by atoms with van der Waals surface area (Å²) in [4.78, 5) is 10.4.